The van der Waals surface area contributed by atoms with Crippen molar-refractivity contribution in [1.29, 1.82) is 0 Å². The maximum atomic E-state index is 14.0. The summed E-state index contributed by atoms with van der Waals surface area (Å²) >= 11 is 1.79. The largest absolute Gasteiger partial charge is 0.497 e. The van der Waals surface area contributed by atoms with Gasteiger partial charge in [0.1, 0.15) is 5.75 Å². The summed E-state index contributed by atoms with van der Waals surface area (Å²) in [6.07, 6.45) is 0. The summed E-state index contributed by atoms with van der Waals surface area (Å²) in [5.74, 6) is -1.88. The number of hydrogen-bond donors (Lipinski definition) is 0. The van der Waals surface area contributed by atoms with E-state index in [-0.39, 0.29) is 12.3 Å². The molecule has 1 heterocycles. The second-order valence-electron chi connectivity index (χ2n) is 5.76. The third-order valence-electron chi connectivity index (χ3n) is 3.73. The van der Waals surface area contributed by atoms with Crippen LogP contribution in [0.15, 0.2) is 47.3 Å². The molecule has 1 aromatic heterocycles. The molecule has 0 saturated heterocycles. The predicted molar refractivity (Wildman–Crippen MR) is 104 cm³/mol. The van der Waals surface area contributed by atoms with Crippen molar-refractivity contribution in [3.05, 3.63) is 79.3 Å². The lowest BCUT2D eigenvalue weighted by atomic mass is 10.2. The Morgan fingerprint density at radius 3 is 2.33 bits per heavy atom. The van der Waals surface area contributed by atoms with E-state index in [2.05, 4.69) is 5.10 Å². The van der Waals surface area contributed by atoms with Crippen LogP contribution in [0.2, 0.25) is 0 Å². The van der Waals surface area contributed by atoms with E-state index < -0.39 is 22.9 Å². The SMILES string of the molecule is COc1ccc(Cn2nc(C)cc(Oc3c(F)cc(I)cc3F)c2=O)cc1. The monoisotopic (exact) mass is 484 g/mol. The van der Waals surface area contributed by atoms with Crippen LogP contribution in [0.25, 0.3) is 0 Å². The number of rotatable bonds is 5. The first-order valence-corrected chi connectivity index (χ1v) is 8.99. The molecule has 0 saturated carbocycles. The van der Waals surface area contributed by atoms with Crippen LogP contribution in [-0.2, 0) is 6.54 Å². The average Bonchev–Trinajstić information content (AvgIpc) is 2.62. The highest BCUT2D eigenvalue weighted by Crippen LogP contribution is 2.28. The van der Waals surface area contributed by atoms with Gasteiger partial charge in [-0.3, -0.25) is 4.79 Å². The minimum Gasteiger partial charge on any atom is -0.497 e. The summed E-state index contributed by atoms with van der Waals surface area (Å²) in [7, 11) is 1.56. The standard InChI is InChI=1S/C19H15F2IN2O3/c1-11-7-17(27-18-15(20)8-13(22)9-16(18)21)19(25)24(23-11)10-12-3-5-14(26-2)6-4-12/h3-9H,10H2,1-2H3. The molecule has 2 aromatic carbocycles. The van der Waals surface area contributed by atoms with Gasteiger partial charge >= 0.3 is 5.56 Å². The lowest BCUT2D eigenvalue weighted by Crippen LogP contribution is -2.25. The van der Waals surface area contributed by atoms with E-state index >= 15 is 0 Å². The zero-order chi connectivity index (χ0) is 19.6. The van der Waals surface area contributed by atoms with Gasteiger partial charge in [0.05, 0.1) is 19.3 Å². The van der Waals surface area contributed by atoms with Crippen molar-refractivity contribution in [3.8, 4) is 17.2 Å². The summed E-state index contributed by atoms with van der Waals surface area (Å²) in [5, 5.41) is 4.18. The van der Waals surface area contributed by atoms with Crippen LogP contribution in [-0.4, -0.2) is 16.9 Å². The van der Waals surface area contributed by atoms with Gasteiger partial charge in [-0.25, -0.2) is 13.5 Å². The third kappa shape index (κ3) is 4.44. The summed E-state index contributed by atoms with van der Waals surface area (Å²) < 4.78 is 40.0. The maximum Gasteiger partial charge on any atom is 0.310 e. The Kier molecular flexibility index (Phi) is 5.73. The molecule has 5 nitrogen and oxygen atoms in total. The number of aromatic nitrogens is 2. The zero-order valence-electron chi connectivity index (χ0n) is 14.5. The molecule has 0 aliphatic carbocycles. The second-order valence-corrected chi connectivity index (χ2v) is 7.01. The van der Waals surface area contributed by atoms with E-state index in [0.29, 0.717) is 15.0 Å². The highest BCUT2D eigenvalue weighted by Gasteiger charge is 2.16. The van der Waals surface area contributed by atoms with E-state index in [1.807, 2.05) is 0 Å². The van der Waals surface area contributed by atoms with Crippen LogP contribution in [0.3, 0.4) is 0 Å². The minimum absolute atomic E-state index is 0.179. The minimum atomic E-state index is -0.880. The number of halogens is 3. The van der Waals surface area contributed by atoms with Crippen molar-refractivity contribution in [3.63, 3.8) is 0 Å². The van der Waals surface area contributed by atoms with Gasteiger partial charge in [-0.15, -0.1) is 0 Å². The van der Waals surface area contributed by atoms with Crippen LogP contribution in [0.5, 0.6) is 17.2 Å². The molecular weight excluding hydrogens is 469 g/mol. The summed E-state index contributed by atoms with van der Waals surface area (Å²) in [6.45, 7) is 1.84. The number of hydrogen-bond acceptors (Lipinski definition) is 4. The summed E-state index contributed by atoms with van der Waals surface area (Å²) in [4.78, 5) is 12.6. The molecule has 140 valence electrons. The molecule has 0 N–H and O–H groups in total. The molecule has 0 spiro atoms. The fourth-order valence-electron chi connectivity index (χ4n) is 2.46. The molecule has 0 bridgehead atoms. The molecule has 0 fully saturated rings. The average molecular weight is 484 g/mol. The molecule has 0 atom stereocenters. The normalized spacial score (nSPS) is 10.7. The Balaban J connectivity index is 1.95. The van der Waals surface area contributed by atoms with E-state index in [4.69, 9.17) is 9.47 Å². The first-order chi connectivity index (χ1) is 12.9. The van der Waals surface area contributed by atoms with Crippen molar-refractivity contribution in [2.24, 2.45) is 0 Å². The molecule has 8 heteroatoms. The van der Waals surface area contributed by atoms with Crippen LogP contribution < -0.4 is 15.0 Å². The van der Waals surface area contributed by atoms with Crippen LogP contribution in [0.4, 0.5) is 8.78 Å². The highest BCUT2D eigenvalue weighted by molar-refractivity contribution is 14.1. The van der Waals surface area contributed by atoms with Gasteiger partial charge in [0.25, 0.3) is 0 Å². The molecular formula is C19H15F2IN2O3. The summed E-state index contributed by atoms with van der Waals surface area (Å²) in [5.41, 5.74) is 0.701. The van der Waals surface area contributed by atoms with Crippen molar-refractivity contribution >= 4 is 22.6 Å². The van der Waals surface area contributed by atoms with Crippen molar-refractivity contribution in [2.75, 3.05) is 7.11 Å². The predicted octanol–water partition coefficient (Wildman–Crippen LogP) is 4.28. The van der Waals surface area contributed by atoms with Gasteiger partial charge < -0.3 is 9.47 Å². The van der Waals surface area contributed by atoms with Gasteiger partial charge in [0.15, 0.2) is 23.1 Å². The van der Waals surface area contributed by atoms with Gasteiger partial charge in [0, 0.05) is 9.64 Å². The number of aryl methyl sites for hydroxylation is 1. The van der Waals surface area contributed by atoms with E-state index in [1.54, 1.807) is 60.9 Å². The Morgan fingerprint density at radius 1 is 1.11 bits per heavy atom. The molecule has 0 unspecified atom stereocenters. The zero-order valence-corrected chi connectivity index (χ0v) is 16.7. The fraction of sp³-hybridized carbons (Fsp3) is 0.158. The van der Waals surface area contributed by atoms with Gasteiger partial charge in [-0.1, -0.05) is 12.1 Å². The Hall–Kier alpha value is -2.49. The first kappa shape index (κ1) is 19.3. The molecule has 0 radical (unpaired) electrons. The highest BCUT2D eigenvalue weighted by atomic mass is 127. The lowest BCUT2D eigenvalue weighted by molar-refractivity contribution is 0.395. The Bertz CT molecular complexity index is 1010. The number of benzene rings is 2. The Labute approximate surface area is 167 Å². The molecule has 0 amide bonds. The van der Waals surface area contributed by atoms with Gasteiger partial charge in [-0.05, 0) is 59.3 Å². The Morgan fingerprint density at radius 2 is 1.74 bits per heavy atom. The van der Waals surface area contributed by atoms with Crippen molar-refractivity contribution in [2.45, 2.75) is 13.5 Å². The number of ether oxygens (including phenoxy) is 2. The topological polar surface area (TPSA) is 53.4 Å². The fourth-order valence-corrected chi connectivity index (χ4v) is 3.01. The van der Waals surface area contributed by atoms with Crippen molar-refractivity contribution in [1.82, 2.24) is 9.78 Å². The smallest absolute Gasteiger partial charge is 0.310 e. The van der Waals surface area contributed by atoms with Crippen LogP contribution >= 0.6 is 22.6 Å². The maximum absolute atomic E-state index is 14.0. The third-order valence-corrected chi connectivity index (χ3v) is 4.35. The quantitative estimate of drug-likeness (QED) is 0.508. The van der Waals surface area contributed by atoms with E-state index in [1.165, 1.54) is 10.7 Å². The van der Waals surface area contributed by atoms with Gasteiger partial charge in [0.2, 0.25) is 0 Å². The molecule has 0 aliphatic heterocycles. The lowest BCUT2D eigenvalue weighted by Gasteiger charge is -2.11. The molecule has 3 aromatic rings. The van der Waals surface area contributed by atoms with E-state index in [9.17, 15) is 13.6 Å². The first-order valence-electron chi connectivity index (χ1n) is 7.91. The summed E-state index contributed by atoms with van der Waals surface area (Å²) in [6, 6.07) is 10.7. The number of nitrogens with zero attached hydrogens (tertiary/aromatic N) is 2. The number of methoxy groups -OCH3 is 1. The molecule has 0 aliphatic rings. The second kappa shape index (κ2) is 8.03. The molecule has 3 rings (SSSR count). The molecule has 27 heavy (non-hydrogen) atoms. The van der Waals surface area contributed by atoms with E-state index in [0.717, 1.165) is 17.7 Å². The van der Waals surface area contributed by atoms with Gasteiger partial charge in [-0.2, -0.15) is 5.10 Å². The van der Waals surface area contributed by atoms with Crippen LogP contribution in [0, 0.1) is 22.1 Å². The van der Waals surface area contributed by atoms with Crippen molar-refractivity contribution < 1.29 is 18.3 Å². The van der Waals surface area contributed by atoms with Crippen LogP contribution in [0.1, 0.15) is 11.3 Å².